The molecule has 1 aliphatic rings. The molecule has 3 rings (SSSR count). The molecule has 1 saturated carbocycles. The van der Waals surface area contributed by atoms with Crippen LogP contribution in [-0.2, 0) is 4.79 Å². The van der Waals surface area contributed by atoms with Gasteiger partial charge in [0.05, 0.1) is 0 Å². The third kappa shape index (κ3) is 3.57. The Kier molecular flexibility index (Phi) is 4.80. The standard InChI is InChI=1S/C21H20O3/c22-19-7-3-1-5-15(19)9-11-17-13-14-18(21(17)24)12-10-16-6-2-4-8-20(16)23/h1-12,17-18,22-23H,13-14H2. The van der Waals surface area contributed by atoms with Crippen LogP contribution in [0, 0.1) is 11.8 Å². The maximum absolute atomic E-state index is 12.5. The molecule has 0 saturated heterocycles. The van der Waals surface area contributed by atoms with Gasteiger partial charge in [0.2, 0.25) is 0 Å². The number of phenols is 2. The predicted molar refractivity (Wildman–Crippen MR) is 95.5 cm³/mol. The number of aromatic hydroxyl groups is 2. The summed E-state index contributed by atoms with van der Waals surface area (Å²) in [5.41, 5.74) is 1.44. The number of phenolic OH excluding ortho intramolecular Hbond substituents is 2. The molecule has 1 aliphatic carbocycles. The number of allylic oxidation sites excluding steroid dienone is 2. The Morgan fingerprint density at radius 1 is 0.750 bits per heavy atom. The van der Waals surface area contributed by atoms with Crippen LogP contribution in [-0.4, -0.2) is 16.0 Å². The van der Waals surface area contributed by atoms with Crippen molar-refractivity contribution in [2.75, 3.05) is 0 Å². The number of ketones is 1. The molecule has 0 aromatic heterocycles. The van der Waals surface area contributed by atoms with Gasteiger partial charge >= 0.3 is 0 Å². The van der Waals surface area contributed by atoms with Crippen molar-refractivity contribution in [3.05, 3.63) is 71.8 Å². The summed E-state index contributed by atoms with van der Waals surface area (Å²) in [7, 11) is 0. The maximum atomic E-state index is 12.5. The Morgan fingerprint density at radius 2 is 1.17 bits per heavy atom. The van der Waals surface area contributed by atoms with Crippen LogP contribution in [0.5, 0.6) is 11.5 Å². The number of Topliss-reactive ketones (excluding diaryl/α,β-unsaturated/α-hetero) is 1. The summed E-state index contributed by atoms with van der Waals surface area (Å²) < 4.78 is 0. The molecule has 2 N–H and O–H groups in total. The molecule has 0 amide bonds. The van der Waals surface area contributed by atoms with Gasteiger partial charge in [-0.05, 0) is 25.0 Å². The van der Waals surface area contributed by atoms with Crippen molar-refractivity contribution in [2.45, 2.75) is 12.8 Å². The third-order valence-corrected chi connectivity index (χ3v) is 4.41. The SMILES string of the molecule is O=C1C(C=Cc2ccccc2O)CCC1C=Cc1ccccc1O. The normalized spacial score (nSPS) is 21.1. The van der Waals surface area contributed by atoms with E-state index in [0.29, 0.717) is 0 Å². The first-order valence-corrected chi connectivity index (χ1v) is 8.11. The summed E-state index contributed by atoms with van der Waals surface area (Å²) in [6, 6.07) is 14.2. The molecule has 3 nitrogen and oxygen atoms in total. The van der Waals surface area contributed by atoms with E-state index in [2.05, 4.69) is 0 Å². The van der Waals surface area contributed by atoms with Crippen molar-refractivity contribution in [1.82, 2.24) is 0 Å². The quantitative estimate of drug-likeness (QED) is 0.876. The van der Waals surface area contributed by atoms with Crippen molar-refractivity contribution in [2.24, 2.45) is 11.8 Å². The van der Waals surface area contributed by atoms with Gasteiger partial charge < -0.3 is 10.2 Å². The number of carbonyl (C=O) groups is 1. The third-order valence-electron chi connectivity index (χ3n) is 4.41. The molecule has 122 valence electrons. The van der Waals surface area contributed by atoms with E-state index in [1.165, 1.54) is 0 Å². The fourth-order valence-electron chi connectivity index (χ4n) is 3.00. The largest absolute Gasteiger partial charge is 0.507 e. The number of para-hydroxylation sites is 2. The smallest absolute Gasteiger partial charge is 0.146 e. The Bertz CT molecular complexity index is 724. The summed E-state index contributed by atoms with van der Waals surface area (Å²) in [6.45, 7) is 0. The molecule has 0 spiro atoms. The molecule has 0 heterocycles. The Balaban J connectivity index is 1.67. The van der Waals surface area contributed by atoms with Crippen LogP contribution in [0.2, 0.25) is 0 Å². The zero-order valence-corrected chi connectivity index (χ0v) is 13.3. The van der Waals surface area contributed by atoms with Crippen LogP contribution >= 0.6 is 0 Å². The number of rotatable bonds is 4. The topological polar surface area (TPSA) is 57.5 Å². The van der Waals surface area contributed by atoms with Crippen LogP contribution in [0.15, 0.2) is 60.7 Å². The van der Waals surface area contributed by atoms with Crippen LogP contribution in [0.3, 0.4) is 0 Å². The average molecular weight is 320 g/mol. The summed E-state index contributed by atoms with van der Waals surface area (Å²) in [4.78, 5) is 12.5. The van der Waals surface area contributed by atoms with Crippen LogP contribution in [0.1, 0.15) is 24.0 Å². The van der Waals surface area contributed by atoms with Crippen molar-refractivity contribution < 1.29 is 15.0 Å². The second kappa shape index (κ2) is 7.18. The fourth-order valence-corrected chi connectivity index (χ4v) is 3.00. The van der Waals surface area contributed by atoms with Crippen molar-refractivity contribution in [3.8, 4) is 11.5 Å². The first kappa shape index (κ1) is 16.1. The molecule has 2 unspecified atom stereocenters. The molecule has 1 fully saturated rings. The molecule has 0 bridgehead atoms. The number of carbonyl (C=O) groups excluding carboxylic acids is 1. The minimum Gasteiger partial charge on any atom is -0.507 e. The lowest BCUT2D eigenvalue weighted by Crippen LogP contribution is -2.10. The number of benzene rings is 2. The molecule has 2 aromatic rings. The lowest BCUT2D eigenvalue weighted by atomic mass is 10.00. The number of hydrogen-bond acceptors (Lipinski definition) is 3. The first-order chi connectivity index (χ1) is 11.6. The zero-order chi connectivity index (χ0) is 16.9. The summed E-state index contributed by atoms with van der Waals surface area (Å²) in [6.07, 6.45) is 8.99. The first-order valence-electron chi connectivity index (χ1n) is 8.11. The Hall–Kier alpha value is -2.81. The summed E-state index contributed by atoms with van der Waals surface area (Å²) >= 11 is 0. The Labute approximate surface area is 141 Å². The fraction of sp³-hybridized carbons (Fsp3) is 0.190. The van der Waals surface area contributed by atoms with Gasteiger partial charge in [-0.25, -0.2) is 0 Å². The van der Waals surface area contributed by atoms with Crippen LogP contribution < -0.4 is 0 Å². The lowest BCUT2D eigenvalue weighted by Gasteiger charge is -2.04. The zero-order valence-electron chi connectivity index (χ0n) is 13.3. The molecular weight excluding hydrogens is 300 g/mol. The predicted octanol–water partition coefficient (Wildman–Crippen LogP) is 4.42. The van der Waals surface area contributed by atoms with Gasteiger partial charge in [-0.1, -0.05) is 60.7 Å². The van der Waals surface area contributed by atoms with Crippen molar-refractivity contribution in [1.29, 1.82) is 0 Å². The van der Waals surface area contributed by atoms with Crippen molar-refractivity contribution >= 4 is 17.9 Å². The highest BCUT2D eigenvalue weighted by molar-refractivity contribution is 5.90. The van der Waals surface area contributed by atoms with Crippen molar-refractivity contribution in [3.63, 3.8) is 0 Å². The highest BCUT2D eigenvalue weighted by Crippen LogP contribution is 2.31. The van der Waals surface area contributed by atoms with E-state index in [1.54, 1.807) is 24.3 Å². The van der Waals surface area contributed by atoms with E-state index < -0.39 is 0 Å². The van der Waals surface area contributed by atoms with Crippen LogP contribution in [0.4, 0.5) is 0 Å². The highest BCUT2D eigenvalue weighted by atomic mass is 16.3. The summed E-state index contributed by atoms with van der Waals surface area (Å²) in [5, 5.41) is 19.5. The molecule has 2 atom stereocenters. The van der Waals surface area contributed by atoms with E-state index in [-0.39, 0.29) is 29.1 Å². The molecule has 0 radical (unpaired) electrons. The van der Waals surface area contributed by atoms with Gasteiger partial charge in [0, 0.05) is 23.0 Å². The lowest BCUT2D eigenvalue weighted by molar-refractivity contribution is -0.121. The minimum atomic E-state index is -0.122. The van der Waals surface area contributed by atoms with E-state index in [4.69, 9.17) is 0 Å². The average Bonchev–Trinajstić information content (AvgIpc) is 2.94. The minimum absolute atomic E-state index is 0.122. The molecule has 2 aromatic carbocycles. The molecular formula is C21H20O3. The summed E-state index contributed by atoms with van der Waals surface area (Å²) in [5.74, 6) is 0.381. The van der Waals surface area contributed by atoms with Gasteiger partial charge in [0.25, 0.3) is 0 Å². The maximum Gasteiger partial charge on any atom is 0.146 e. The van der Waals surface area contributed by atoms with E-state index >= 15 is 0 Å². The molecule has 24 heavy (non-hydrogen) atoms. The van der Waals surface area contributed by atoms with Gasteiger partial charge in [0.15, 0.2) is 0 Å². The van der Waals surface area contributed by atoms with E-state index in [9.17, 15) is 15.0 Å². The van der Waals surface area contributed by atoms with Gasteiger partial charge in [0.1, 0.15) is 17.3 Å². The van der Waals surface area contributed by atoms with Gasteiger partial charge in [-0.2, -0.15) is 0 Å². The van der Waals surface area contributed by atoms with E-state index in [1.807, 2.05) is 48.6 Å². The second-order valence-corrected chi connectivity index (χ2v) is 6.03. The Morgan fingerprint density at radius 3 is 1.58 bits per heavy atom. The molecule has 3 heteroatoms. The van der Waals surface area contributed by atoms with Gasteiger partial charge in [-0.15, -0.1) is 0 Å². The monoisotopic (exact) mass is 320 g/mol. The van der Waals surface area contributed by atoms with Gasteiger partial charge in [-0.3, -0.25) is 4.79 Å². The highest BCUT2D eigenvalue weighted by Gasteiger charge is 2.30. The number of hydrogen-bond donors (Lipinski definition) is 2. The second-order valence-electron chi connectivity index (χ2n) is 6.03. The van der Waals surface area contributed by atoms with Crippen LogP contribution in [0.25, 0.3) is 12.2 Å². The molecule has 0 aliphatic heterocycles. The van der Waals surface area contributed by atoms with E-state index in [0.717, 1.165) is 24.0 Å².